The largest absolute Gasteiger partial charge is 0.408 e. The minimum absolute atomic E-state index is 0.123. The molecule has 2 aromatic rings. The van der Waals surface area contributed by atoms with Gasteiger partial charge in [-0.05, 0) is 24.3 Å². The summed E-state index contributed by atoms with van der Waals surface area (Å²) in [5.74, 6) is -0.190. The van der Waals surface area contributed by atoms with Crippen LogP contribution in [-0.2, 0) is 15.3 Å². The lowest BCUT2D eigenvalue weighted by Crippen LogP contribution is -1.92. The number of rotatable bonds is 3. The van der Waals surface area contributed by atoms with Gasteiger partial charge in [-0.2, -0.15) is 0 Å². The van der Waals surface area contributed by atoms with Crippen molar-refractivity contribution in [2.75, 3.05) is 7.11 Å². The Morgan fingerprint density at radius 3 is 2.62 bits per heavy atom. The van der Waals surface area contributed by atoms with Crippen molar-refractivity contribution in [1.82, 2.24) is 10.2 Å². The highest BCUT2D eigenvalue weighted by Crippen LogP contribution is 2.19. The molecule has 1 atom stereocenters. The van der Waals surface area contributed by atoms with Crippen LogP contribution in [0.2, 0.25) is 0 Å². The number of aromatic nitrogens is 2. The molecule has 7 heteroatoms. The molecule has 1 heterocycles. The first-order valence-electron chi connectivity index (χ1n) is 4.26. The highest BCUT2D eigenvalue weighted by molar-refractivity contribution is 7.79. The Hall–Kier alpha value is -1.60. The summed E-state index contributed by atoms with van der Waals surface area (Å²) in [6.07, 6.45) is 0. The van der Waals surface area contributed by atoms with Crippen LogP contribution in [0, 0.1) is 5.82 Å². The van der Waals surface area contributed by atoms with E-state index in [0.717, 1.165) is 0 Å². The maximum atomic E-state index is 12.7. The van der Waals surface area contributed by atoms with Gasteiger partial charge in [-0.25, -0.2) is 8.60 Å². The summed E-state index contributed by atoms with van der Waals surface area (Å²) in [5, 5.41) is 7.10. The Bertz CT molecular complexity index is 512. The Kier molecular flexibility index (Phi) is 3.07. The second-order valence-electron chi connectivity index (χ2n) is 2.78. The monoisotopic (exact) mass is 242 g/mol. The standard InChI is InChI=1S/C9H7FN2O3S/c1-14-16(13)9-12-11-8(15-9)6-2-4-7(10)5-3-6/h2-5H,1H3. The fourth-order valence-corrected chi connectivity index (χ4v) is 1.45. The molecule has 0 aliphatic carbocycles. The number of halogens is 1. The maximum Gasteiger partial charge on any atom is 0.335 e. The summed E-state index contributed by atoms with van der Waals surface area (Å²) >= 11 is -1.76. The molecule has 16 heavy (non-hydrogen) atoms. The zero-order valence-corrected chi connectivity index (χ0v) is 9.03. The molecule has 1 aromatic heterocycles. The summed E-state index contributed by atoms with van der Waals surface area (Å²) < 4.78 is 33.4. The van der Waals surface area contributed by atoms with Crippen LogP contribution in [0.4, 0.5) is 4.39 Å². The second kappa shape index (κ2) is 4.50. The van der Waals surface area contributed by atoms with Gasteiger partial charge in [0.25, 0.3) is 0 Å². The van der Waals surface area contributed by atoms with Crippen LogP contribution in [0.25, 0.3) is 11.5 Å². The zero-order valence-electron chi connectivity index (χ0n) is 8.21. The average Bonchev–Trinajstić information content (AvgIpc) is 2.78. The van der Waals surface area contributed by atoms with Crippen LogP contribution in [0.1, 0.15) is 0 Å². The van der Waals surface area contributed by atoms with E-state index in [-0.39, 0.29) is 16.9 Å². The molecule has 0 bridgehead atoms. The van der Waals surface area contributed by atoms with Gasteiger partial charge in [0.05, 0.1) is 7.11 Å². The lowest BCUT2D eigenvalue weighted by Gasteiger charge is -1.93. The number of benzene rings is 1. The highest BCUT2D eigenvalue weighted by atomic mass is 32.2. The molecule has 84 valence electrons. The van der Waals surface area contributed by atoms with Crippen molar-refractivity contribution in [2.45, 2.75) is 5.22 Å². The van der Waals surface area contributed by atoms with Gasteiger partial charge in [0.2, 0.25) is 17.0 Å². The summed E-state index contributed by atoms with van der Waals surface area (Å²) in [5.41, 5.74) is 0.549. The summed E-state index contributed by atoms with van der Waals surface area (Å²) in [6.45, 7) is 0. The first-order chi connectivity index (χ1) is 7.70. The molecule has 1 unspecified atom stereocenters. The van der Waals surface area contributed by atoms with Crippen molar-refractivity contribution < 1.29 is 17.2 Å². The van der Waals surface area contributed by atoms with Crippen LogP contribution in [-0.4, -0.2) is 21.5 Å². The van der Waals surface area contributed by atoms with E-state index < -0.39 is 11.1 Å². The number of nitrogens with zero attached hydrogens (tertiary/aromatic N) is 2. The van der Waals surface area contributed by atoms with Gasteiger partial charge in [-0.15, -0.1) is 5.10 Å². The molecule has 1 aromatic carbocycles. The van der Waals surface area contributed by atoms with Gasteiger partial charge in [-0.3, -0.25) is 4.18 Å². The molecule has 0 amide bonds. The molecule has 0 fully saturated rings. The molecule has 0 N–H and O–H groups in total. The molecule has 0 radical (unpaired) electrons. The minimum Gasteiger partial charge on any atom is -0.408 e. The summed E-state index contributed by atoms with van der Waals surface area (Å²) in [6, 6.07) is 5.52. The Balaban J connectivity index is 2.31. The smallest absolute Gasteiger partial charge is 0.335 e. The molecule has 0 spiro atoms. The lowest BCUT2D eigenvalue weighted by atomic mass is 10.2. The Morgan fingerprint density at radius 2 is 2.00 bits per heavy atom. The first-order valence-corrected chi connectivity index (χ1v) is 5.34. The van der Waals surface area contributed by atoms with E-state index in [1.54, 1.807) is 0 Å². The van der Waals surface area contributed by atoms with Crippen molar-refractivity contribution in [1.29, 1.82) is 0 Å². The molecule has 5 nitrogen and oxygen atoms in total. The van der Waals surface area contributed by atoms with Crippen molar-refractivity contribution in [3.63, 3.8) is 0 Å². The highest BCUT2D eigenvalue weighted by Gasteiger charge is 2.13. The quantitative estimate of drug-likeness (QED) is 0.816. The van der Waals surface area contributed by atoms with Crippen molar-refractivity contribution in [3.8, 4) is 11.5 Å². The van der Waals surface area contributed by atoms with E-state index >= 15 is 0 Å². The van der Waals surface area contributed by atoms with E-state index in [9.17, 15) is 8.60 Å². The fraction of sp³-hybridized carbons (Fsp3) is 0.111. The molecular weight excluding hydrogens is 235 g/mol. The predicted octanol–water partition coefficient (Wildman–Crippen LogP) is 1.54. The third-order valence-corrected chi connectivity index (χ3v) is 2.54. The normalized spacial score (nSPS) is 12.6. The summed E-state index contributed by atoms with van der Waals surface area (Å²) in [4.78, 5) is 0. The minimum atomic E-state index is -1.76. The van der Waals surface area contributed by atoms with Gasteiger partial charge in [0.15, 0.2) is 0 Å². The Morgan fingerprint density at radius 1 is 1.31 bits per heavy atom. The van der Waals surface area contributed by atoms with E-state index in [2.05, 4.69) is 14.4 Å². The van der Waals surface area contributed by atoms with E-state index in [1.807, 2.05) is 0 Å². The molecular formula is C9H7FN2O3S. The molecule has 0 saturated carbocycles. The average molecular weight is 242 g/mol. The second-order valence-corrected chi connectivity index (χ2v) is 3.93. The molecule has 0 aliphatic rings. The third-order valence-electron chi connectivity index (χ3n) is 1.79. The van der Waals surface area contributed by atoms with Crippen LogP contribution < -0.4 is 0 Å². The van der Waals surface area contributed by atoms with Gasteiger partial charge >= 0.3 is 5.22 Å². The van der Waals surface area contributed by atoms with Gasteiger partial charge in [0.1, 0.15) is 5.82 Å². The van der Waals surface area contributed by atoms with Gasteiger partial charge in [0, 0.05) is 5.56 Å². The molecule has 2 rings (SSSR count). The number of hydrogen-bond donors (Lipinski definition) is 0. The van der Waals surface area contributed by atoms with Crippen LogP contribution >= 0.6 is 0 Å². The van der Waals surface area contributed by atoms with E-state index in [0.29, 0.717) is 5.56 Å². The molecule has 0 saturated heterocycles. The van der Waals surface area contributed by atoms with Crippen molar-refractivity contribution in [3.05, 3.63) is 30.1 Å². The van der Waals surface area contributed by atoms with Crippen LogP contribution in [0.15, 0.2) is 33.9 Å². The Labute approximate surface area is 92.9 Å². The van der Waals surface area contributed by atoms with Gasteiger partial charge in [-0.1, -0.05) is 5.10 Å². The molecule has 0 aliphatic heterocycles. The van der Waals surface area contributed by atoms with Gasteiger partial charge < -0.3 is 4.42 Å². The van der Waals surface area contributed by atoms with Crippen LogP contribution in [0.5, 0.6) is 0 Å². The zero-order chi connectivity index (χ0) is 11.5. The lowest BCUT2D eigenvalue weighted by molar-refractivity contribution is 0.393. The SMILES string of the molecule is COS(=O)c1nnc(-c2ccc(F)cc2)o1. The van der Waals surface area contributed by atoms with Crippen molar-refractivity contribution in [2.24, 2.45) is 0 Å². The summed E-state index contributed by atoms with van der Waals surface area (Å²) in [7, 11) is 1.26. The van der Waals surface area contributed by atoms with Crippen LogP contribution in [0.3, 0.4) is 0 Å². The maximum absolute atomic E-state index is 12.7. The van der Waals surface area contributed by atoms with E-state index in [1.165, 1.54) is 31.4 Å². The van der Waals surface area contributed by atoms with E-state index in [4.69, 9.17) is 4.42 Å². The van der Waals surface area contributed by atoms with Crippen molar-refractivity contribution >= 4 is 11.1 Å². The predicted molar refractivity (Wildman–Crippen MR) is 53.1 cm³/mol. The topological polar surface area (TPSA) is 65.2 Å². The number of hydrogen-bond acceptors (Lipinski definition) is 5. The third kappa shape index (κ3) is 2.15. The fourth-order valence-electron chi connectivity index (χ4n) is 1.06. The first kappa shape index (κ1) is 10.9.